The van der Waals surface area contributed by atoms with Gasteiger partial charge in [0.2, 0.25) is 0 Å². The van der Waals surface area contributed by atoms with Gasteiger partial charge in [0, 0.05) is 11.1 Å². The molecule has 254 valence electrons. The van der Waals surface area contributed by atoms with Crippen LogP contribution in [-0.2, 0) is 5.41 Å². The Kier molecular flexibility index (Phi) is 7.42. The normalized spacial score (nSPS) is 17.2. The highest BCUT2D eigenvalue weighted by molar-refractivity contribution is 6.00. The lowest BCUT2D eigenvalue weighted by Crippen LogP contribution is -2.39. The fourth-order valence-electron chi connectivity index (χ4n) is 8.81. The van der Waals surface area contributed by atoms with E-state index in [0.29, 0.717) is 0 Å². The third-order valence-corrected chi connectivity index (χ3v) is 11.5. The molecular weight excluding hydrogens is 641 g/mol. The lowest BCUT2D eigenvalue weighted by molar-refractivity contribution is 0.443. The standard InChI is InChI=1S/C51H40N2/c1-51(2)46-25-11-10-22-44(46)45-27-26-36(31-47(45)51)49-32-48(35-16-4-3-5-17-35)52-50(53-49)39-29-37(42-23-12-18-33-14-6-8-20-40(33)42)28-38(30-39)43-24-13-19-34-15-7-9-21-41(34)43/h3-32,48,50,52-53H,1-2H3. The molecule has 0 bridgehead atoms. The summed E-state index contributed by atoms with van der Waals surface area (Å²) in [5, 5.41) is 13.0. The maximum absolute atomic E-state index is 4.01. The van der Waals surface area contributed by atoms with E-state index in [2.05, 4.69) is 206 Å². The van der Waals surface area contributed by atoms with Crippen LogP contribution in [0, 0.1) is 0 Å². The van der Waals surface area contributed by atoms with E-state index >= 15 is 0 Å². The first-order chi connectivity index (χ1) is 26.0. The van der Waals surface area contributed by atoms with Crippen molar-refractivity contribution in [3.05, 3.63) is 210 Å². The van der Waals surface area contributed by atoms with Crippen LogP contribution in [0.2, 0.25) is 0 Å². The van der Waals surface area contributed by atoms with Crippen molar-refractivity contribution in [1.82, 2.24) is 10.6 Å². The quantitative estimate of drug-likeness (QED) is 0.189. The average Bonchev–Trinajstić information content (AvgIpc) is 3.45. The topological polar surface area (TPSA) is 24.1 Å². The number of nitrogens with one attached hydrogen (secondary N) is 2. The molecule has 0 aromatic heterocycles. The first-order valence-corrected chi connectivity index (χ1v) is 18.7. The zero-order valence-electron chi connectivity index (χ0n) is 30.0. The van der Waals surface area contributed by atoms with E-state index in [1.807, 2.05) is 0 Å². The minimum Gasteiger partial charge on any atom is -0.366 e. The summed E-state index contributed by atoms with van der Waals surface area (Å²) in [6.07, 6.45) is 2.21. The van der Waals surface area contributed by atoms with Gasteiger partial charge >= 0.3 is 0 Å². The van der Waals surface area contributed by atoms with Crippen LogP contribution >= 0.6 is 0 Å². The van der Waals surface area contributed by atoms with E-state index in [9.17, 15) is 0 Å². The Morgan fingerprint density at radius 3 is 1.70 bits per heavy atom. The highest BCUT2D eigenvalue weighted by Crippen LogP contribution is 2.49. The predicted octanol–water partition coefficient (Wildman–Crippen LogP) is 12.6. The van der Waals surface area contributed by atoms with Gasteiger partial charge in [-0.15, -0.1) is 0 Å². The van der Waals surface area contributed by atoms with Crippen LogP contribution < -0.4 is 10.6 Å². The number of hydrogen-bond acceptors (Lipinski definition) is 2. The van der Waals surface area contributed by atoms with Gasteiger partial charge in [-0.1, -0.05) is 166 Å². The molecule has 8 aromatic rings. The number of hydrogen-bond donors (Lipinski definition) is 2. The van der Waals surface area contributed by atoms with Crippen LogP contribution in [0.5, 0.6) is 0 Å². The fourth-order valence-corrected chi connectivity index (χ4v) is 8.81. The third kappa shape index (κ3) is 5.37. The summed E-state index contributed by atoms with van der Waals surface area (Å²) in [5.41, 5.74) is 15.0. The molecule has 1 heterocycles. The van der Waals surface area contributed by atoms with Gasteiger partial charge in [-0.3, -0.25) is 5.32 Å². The molecule has 2 atom stereocenters. The molecule has 0 saturated heterocycles. The van der Waals surface area contributed by atoms with Gasteiger partial charge in [0.05, 0.1) is 6.04 Å². The van der Waals surface area contributed by atoms with Crippen LogP contribution in [0.1, 0.15) is 53.9 Å². The van der Waals surface area contributed by atoms with Gasteiger partial charge in [-0.2, -0.15) is 0 Å². The Bertz CT molecular complexity index is 2610. The molecule has 2 heteroatoms. The Morgan fingerprint density at radius 1 is 0.434 bits per heavy atom. The van der Waals surface area contributed by atoms with E-state index in [1.54, 1.807) is 0 Å². The second kappa shape index (κ2) is 12.5. The summed E-state index contributed by atoms with van der Waals surface area (Å²) in [5.74, 6) is 0. The number of fused-ring (bicyclic) bond motifs is 5. The molecule has 0 radical (unpaired) electrons. The molecule has 2 N–H and O–H groups in total. The van der Waals surface area contributed by atoms with Crippen molar-refractivity contribution in [1.29, 1.82) is 0 Å². The van der Waals surface area contributed by atoms with Crippen molar-refractivity contribution >= 4 is 27.2 Å². The molecule has 0 fully saturated rings. The van der Waals surface area contributed by atoms with E-state index < -0.39 is 0 Å². The maximum Gasteiger partial charge on any atom is 0.104 e. The van der Waals surface area contributed by atoms with Crippen LogP contribution in [0.3, 0.4) is 0 Å². The monoisotopic (exact) mass is 680 g/mol. The molecule has 2 aliphatic rings. The first kappa shape index (κ1) is 31.5. The van der Waals surface area contributed by atoms with Crippen molar-refractivity contribution in [3.63, 3.8) is 0 Å². The van der Waals surface area contributed by atoms with Gasteiger partial charge in [-0.25, -0.2) is 0 Å². The van der Waals surface area contributed by atoms with Crippen LogP contribution in [0.4, 0.5) is 0 Å². The summed E-state index contributed by atoms with van der Waals surface area (Å²) < 4.78 is 0. The molecule has 2 nitrogen and oxygen atoms in total. The van der Waals surface area contributed by atoms with E-state index in [0.717, 1.165) is 5.70 Å². The second-order valence-corrected chi connectivity index (χ2v) is 15.0. The number of rotatable bonds is 5. The molecule has 8 aromatic carbocycles. The lowest BCUT2D eigenvalue weighted by Gasteiger charge is -2.34. The summed E-state index contributed by atoms with van der Waals surface area (Å²) in [6.45, 7) is 4.71. The maximum atomic E-state index is 4.01. The second-order valence-electron chi connectivity index (χ2n) is 15.0. The minimum absolute atomic E-state index is 0.0122. The van der Waals surface area contributed by atoms with E-state index in [-0.39, 0.29) is 17.6 Å². The van der Waals surface area contributed by atoms with Crippen molar-refractivity contribution in [2.75, 3.05) is 0 Å². The van der Waals surface area contributed by atoms with E-state index in [1.165, 1.54) is 82.7 Å². The Labute approximate surface area is 311 Å². The Hall–Kier alpha value is -6.22. The summed E-state index contributed by atoms with van der Waals surface area (Å²) in [4.78, 5) is 0. The van der Waals surface area contributed by atoms with Crippen molar-refractivity contribution < 1.29 is 0 Å². The summed E-state index contributed by atoms with van der Waals surface area (Å²) >= 11 is 0. The Balaban J connectivity index is 1.14. The largest absolute Gasteiger partial charge is 0.366 e. The highest BCUT2D eigenvalue weighted by atomic mass is 15.2. The van der Waals surface area contributed by atoms with Gasteiger partial charge in [0.1, 0.15) is 6.17 Å². The smallest absolute Gasteiger partial charge is 0.104 e. The van der Waals surface area contributed by atoms with Gasteiger partial charge in [0.15, 0.2) is 0 Å². The van der Waals surface area contributed by atoms with Gasteiger partial charge < -0.3 is 5.32 Å². The zero-order chi connectivity index (χ0) is 35.5. The molecular formula is C51H40N2. The van der Waals surface area contributed by atoms with Crippen LogP contribution in [-0.4, -0.2) is 0 Å². The molecule has 0 spiro atoms. The SMILES string of the molecule is CC1(C)c2ccccc2-c2ccc(C3=CC(c4ccccc4)NC(c4cc(-c5cccc6ccccc56)cc(-c5cccc6ccccc56)c4)N3)cc21. The molecule has 1 aliphatic heterocycles. The van der Waals surface area contributed by atoms with Gasteiger partial charge in [-0.05, 0) is 113 Å². The van der Waals surface area contributed by atoms with Crippen molar-refractivity contribution in [2.24, 2.45) is 0 Å². The summed E-state index contributed by atoms with van der Waals surface area (Å²) in [6, 6.07) is 64.6. The van der Waals surface area contributed by atoms with Crippen molar-refractivity contribution in [2.45, 2.75) is 31.5 Å². The van der Waals surface area contributed by atoms with Gasteiger partial charge in [0.25, 0.3) is 0 Å². The average molecular weight is 681 g/mol. The lowest BCUT2D eigenvalue weighted by atomic mass is 9.81. The molecule has 0 saturated carbocycles. The molecule has 1 aliphatic carbocycles. The van der Waals surface area contributed by atoms with Crippen LogP contribution in [0.25, 0.3) is 60.6 Å². The molecule has 10 rings (SSSR count). The van der Waals surface area contributed by atoms with Crippen molar-refractivity contribution in [3.8, 4) is 33.4 Å². The minimum atomic E-state index is -0.151. The van der Waals surface area contributed by atoms with Crippen LogP contribution in [0.15, 0.2) is 182 Å². The molecule has 0 amide bonds. The van der Waals surface area contributed by atoms with E-state index in [4.69, 9.17) is 0 Å². The molecule has 2 unspecified atom stereocenters. The molecule has 53 heavy (non-hydrogen) atoms. The highest BCUT2D eigenvalue weighted by Gasteiger charge is 2.36. The predicted molar refractivity (Wildman–Crippen MR) is 223 cm³/mol. The number of benzene rings is 8. The first-order valence-electron chi connectivity index (χ1n) is 18.7. The summed E-state index contributed by atoms with van der Waals surface area (Å²) in [7, 11) is 0. The Morgan fingerprint density at radius 2 is 1.00 bits per heavy atom. The fraction of sp³-hybridized carbons (Fsp3) is 0.0980. The third-order valence-electron chi connectivity index (χ3n) is 11.5. The zero-order valence-corrected chi connectivity index (χ0v) is 30.0.